The first-order chi connectivity index (χ1) is 11.4. The monoisotopic (exact) mass is 330 g/mol. The van der Waals surface area contributed by atoms with Gasteiger partial charge >= 0.3 is 0 Å². The van der Waals surface area contributed by atoms with Crippen molar-refractivity contribution in [3.8, 4) is 0 Å². The first-order valence-corrected chi connectivity index (χ1v) is 9.16. The summed E-state index contributed by atoms with van der Waals surface area (Å²) >= 11 is 0. The number of amides is 1. The molecule has 2 fully saturated rings. The van der Waals surface area contributed by atoms with Gasteiger partial charge in [0.25, 0.3) is 0 Å². The van der Waals surface area contributed by atoms with Crippen molar-refractivity contribution in [3.05, 3.63) is 35.4 Å². The molecule has 1 amide bonds. The minimum absolute atomic E-state index is 0.146. The number of hydrogen-bond donors (Lipinski definition) is 2. The zero-order valence-electron chi connectivity index (χ0n) is 15.1. The number of benzene rings is 1. The van der Waals surface area contributed by atoms with Gasteiger partial charge in [-0.1, -0.05) is 45.0 Å². The molecule has 0 bridgehead atoms. The van der Waals surface area contributed by atoms with Crippen molar-refractivity contribution in [3.63, 3.8) is 0 Å². The summed E-state index contributed by atoms with van der Waals surface area (Å²) in [5, 5.41) is 12.7. The first kappa shape index (κ1) is 17.4. The molecule has 2 aliphatic rings. The summed E-state index contributed by atoms with van der Waals surface area (Å²) in [6.07, 6.45) is 2.21. The lowest BCUT2D eigenvalue weighted by Crippen LogP contribution is -2.46. The smallest absolute Gasteiger partial charge is 0.239 e. The number of rotatable bonds is 2. The molecule has 4 nitrogen and oxygen atoms in total. The van der Waals surface area contributed by atoms with Crippen molar-refractivity contribution in [1.82, 2.24) is 10.2 Å². The summed E-state index contributed by atoms with van der Waals surface area (Å²) in [7, 11) is 0. The Morgan fingerprint density at radius 2 is 1.88 bits per heavy atom. The van der Waals surface area contributed by atoms with E-state index in [0.29, 0.717) is 18.9 Å². The molecule has 2 atom stereocenters. The van der Waals surface area contributed by atoms with Crippen LogP contribution in [0.1, 0.15) is 57.1 Å². The standard InChI is InChI=1S/C20H30N2O2/c1-20(2,3)17-7-5-4-6-16(17)14-8-10-22(11-9-14)19(24)18-12-15(23)13-21-18/h4-7,14-15,18,21,23H,8-13H2,1-3H3. The topological polar surface area (TPSA) is 52.6 Å². The van der Waals surface area contributed by atoms with Crippen LogP contribution in [0.15, 0.2) is 24.3 Å². The minimum atomic E-state index is -0.379. The van der Waals surface area contributed by atoms with E-state index in [1.807, 2.05) is 4.90 Å². The minimum Gasteiger partial charge on any atom is -0.392 e. The maximum Gasteiger partial charge on any atom is 0.239 e. The van der Waals surface area contributed by atoms with Gasteiger partial charge in [0.05, 0.1) is 12.1 Å². The van der Waals surface area contributed by atoms with E-state index in [9.17, 15) is 9.90 Å². The molecule has 2 saturated heterocycles. The highest BCUT2D eigenvalue weighted by atomic mass is 16.3. The van der Waals surface area contributed by atoms with Crippen LogP contribution in [0.2, 0.25) is 0 Å². The summed E-state index contributed by atoms with van der Waals surface area (Å²) in [4.78, 5) is 14.5. The van der Waals surface area contributed by atoms with E-state index in [2.05, 4.69) is 50.4 Å². The number of β-amino-alcohol motifs (C(OH)–C–C–N with tert-alkyl or cyclic N) is 1. The number of nitrogens with zero attached hydrogens (tertiary/aromatic N) is 1. The van der Waals surface area contributed by atoms with Crippen LogP contribution < -0.4 is 5.32 Å². The van der Waals surface area contributed by atoms with Gasteiger partial charge in [0.15, 0.2) is 0 Å². The number of hydrogen-bond acceptors (Lipinski definition) is 3. The van der Waals surface area contributed by atoms with Crippen LogP contribution in [0.4, 0.5) is 0 Å². The van der Waals surface area contributed by atoms with E-state index in [4.69, 9.17) is 0 Å². The fourth-order valence-electron chi connectivity index (χ4n) is 4.07. The van der Waals surface area contributed by atoms with Gasteiger partial charge in [0.2, 0.25) is 5.91 Å². The third-order valence-corrected chi connectivity index (χ3v) is 5.42. The molecule has 0 aliphatic carbocycles. The van der Waals surface area contributed by atoms with Crippen LogP contribution in [0, 0.1) is 0 Å². The Kier molecular flexibility index (Phi) is 4.97. The molecule has 2 unspecified atom stereocenters. The molecular weight excluding hydrogens is 300 g/mol. The number of aliphatic hydroxyl groups excluding tert-OH is 1. The quantitative estimate of drug-likeness (QED) is 0.875. The van der Waals surface area contributed by atoms with Crippen molar-refractivity contribution < 1.29 is 9.90 Å². The van der Waals surface area contributed by atoms with Crippen molar-refractivity contribution in [2.75, 3.05) is 19.6 Å². The molecule has 0 aromatic heterocycles. The highest BCUT2D eigenvalue weighted by Crippen LogP contribution is 2.35. The van der Waals surface area contributed by atoms with Crippen LogP contribution in [-0.2, 0) is 10.2 Å². The van der Waals surface area contributed by atoms with Crippen molar-refractivity contribution >= 4 is 5.91 Å². The number of nitrogens with one attached hydrogen (secondary N) is 1. The predicted octanol–water partition coefficient (Wildman–Crippen LogP) is 2.41. The number of aliphatic hydroxyl groups is 1. The van der Waals surface area contributed by atoms with Gasteiger partial charge in [-0.25, -0.2) is 0 Å². The number of carbonyl (C=O) groups excluding carboxylic acids is 1. The summed E-state index contributed by atoms with van der Waals surface area (Å²) in [6, 6.07) is 8.57. The summed E-state index contributed by atoms with van der Waals surface area (Å²) < 4.78 is 0. The predicted molar refractivity (Wildman–Crippen MR) is 96.1 cm³/mol. The molecule has 24 heavy (non-hydrogen) atoms. The van der Waals surface area contributed by atoms with E-state index in [-0.39, 0.29) is 23.5 Å². The second-order valence-corrected chi connectivity index (χ2v) is 8.29. The van der Waals surface area contributed by atoms with E-state index >= 15 is 0 Å². The molecule has 2 aliphatic heterocycles. The van der Waals surface area contributed by atoms with Gasteiger partial charge in [-0.3, -0.25) is 4.79 Å². The summed E-state index contributed by atoms with van der Waals surface area (Å²) in [5.74, 6) is 0.695. The maximum absolute atomic E-state index is 12.6. The lowest BCUT2D eigenvalue weighted by atomic mass is 9.77. The Morgan fingerprint density at radius 1 is 1.21 bits per heavy atom. The van der Waals surface area contributed by atoms with Gasteiger partial charge in [-0.05, 0) is 41.7 Å². The Hall–Kier alpha value is -1.39. The van der Waals surface area contributed by atoms with E-state index in [0.717, 1.165) is 25.9 Å². The lowest BCUT2D eigenvalue weighted by molar-refractivity contribution is -0.134. The second-order valence-electron chi connectivity index (χ2n) is 8.29. The third-order valence-electron chi connectivity index (χ3n) is 5.42. The van der Waals surface area contributed by atoms with Crippen LogP contribution in [0.3, 0.4) is 0 Å². The van der Waals surface area contributed by atoms with Crippen LogP contribution in [0.5, 0.6) is 0 Å². The summed E-state index contributed by atoms with van der Waals surface area (Å²) in [5.41, 5.74) is 3.02. The second kappa shape index (κ2) is 6.85. The molecular formula is C20H30N2O2. The zero-order valence-corrected chi connectivity index (χ0v) is 15.1. The van der Waals surface area contributed by atoms with Crippen LogP contribution >= 0.6 is 0 Å². The SMILES string of the molecule is CC(C)(C)c1ccccc1C1CCN(C(=O)C2CC(O)CN2)CC1. The number of carbonyl (C=O) groups is 1. The molecule has 1 aromatic carbocycles. The maximum atomic E-state index is 12.6. The van der Waals surface area contributed by atoms with E-state index in [1.165, 1.54) is 11.1 Å². The van der Waals surface area contributed by atoms with Crippen LogP contribution in [-0.4, -0.2) is 47.7 Å². The molecule has 2 heterocycles. The molecule has 3 rings (SSSR count). The van der Waals surface area contributed by atoms with Crippen LogP contribution in [0.25, 0.3) is 0 Å². The Morgan fingerprint density at radius 3 is 2.46 bits per heavy atom. The molecule has 0 radical (unpaired) electrons. The highest BCUT2D eigenvalue weighted by molar-refractivity contribution is 5.82. The molecule has 132 valence electrons. The largest absolute Gasteiger partial charge is 0.392 e. The molecule has 0 saturated carbocycles. The van der Waals surface area contributed by atoms with Crippen molar-refractivity contribution in [2.24, 2.45) is 0 Å². The normalized spacial score (nSPS) is 25.9. The van der Waals surface area contributed by atoms with Gasteiger partial charge in [-0.15, -0.1) is 0 Å². The fraction of sp³-hybridized carbons (Fsp3) is 0.650. The first-order valence-electron chi connectivity index (χ1n) is 9.16. The third kappa shape index (κ3) is 3.65. The van der Waals surface area contributed by atoms with Gasteiger partial charge in [0, 0.05) is 19.6 Å². The zero-order chi connectivity index (χ0) is 17.3. The Labute approximate surface area is 145 Å². The Balaban J connectivity index is 1.65. The molecule has 1 aromatic rings. The molecule has 2 N–H and O–H groups in total. The Bertz CT molecular complexity index is 586. The number of piperidine rings is 1. The van der Waals surface area contributed by atoms with Crippen molar-refractivity contribution in [1.29, 1.82) is 0 Å². The average molecular weight is 330 g/mol. The molecule has 0 spiro atoms. The van der Waals surface area contributed by atoms with E-state index in [1.54, 1.807) is 0 Å². The average Bonchev–Trinajstić information content (AvgIpc) is 3.00. The lowest BCUT2D eigenvalue weighted by Gasteiger charge is -2.36. The highest BCUT2D eigenvalue weighted by Gasteiger charge is 2.34. The fourth-order valence-corrected chi connectivity index (χ4v) is 4.07. The summed E-state index contributed by atoms with van der Waals surface area (Å²) in [6.45, 7) is 8.96. The van der Waals surface area contributed by atoms with E-state index < -0.39 is 0 Å². The van der Waals surface area contributed by atoms with Gasteiger partial charge < -0.3 is 15.3 Å². The van der Waals surface area contributed by atoms with Crippen molar-refractivity contribution in [2.45, 2.75) is 63.5 Å². The van der Waals surface area contributed by atoms with Gasteiger partial charge in [0.1, 0.15) is 0 Å². The number of likely N-dealkylation sites (tertiary alicyclic amines) is 1. The van der Waals surface area contributed by atoms with Gasteiger partial charge in [-0.2, -0.15) is 0 Å². The molecule has 4 heteroatoms.